The lowest BCUT2D eigenvalue weighted by Gasteiger charge is -2.19. The molecule has 1 amide bonds. The molecule has 0 radical (unpaired) electrons. The maximum absolute atomic E-state index is 13.3. The second-order valence-electron chi connectivity index (χ2n) is 8.22. The lowest BCUT2D eigenvalue weighted by Crippen LogP contribution is -2.29. The van der Waals surface area contributed by atoms with E-state index in [9.17, 15) is 13.2 Å². The van der Waals surface area contributed by atoms with E-state index in [0.717, 1.165) is 22.6 Å². The highest BCUT2D eigenvalue weighted by atomic mass is 32.2. The number of hydrogen-bond acceptors (Lipinski definition) is 5. The Labute approximate surface area is 199 Å². The Balaban J connectivity index is 1.34. The van der Waals surface area contributed by atoms with E-state index in [4.69, 9.17) is 4.74 Å². The summed E-state index contributed by atoms with van der Waals surface area (Å²) in [4.78, 5) is 19.4. The van der Waals surface area contributed by atoms with Crippen LogP contribution in [0.2, 0.25) is 0 Å². The van der Waals surface area contributed by atoms with Crippen molar-refractivity contribution in [3.05, 3.63) is 89.5 Å². The zero-order chi connectivity index (χ0) is 23.7. The Bertz CT molecular complexity index is 1340. The average Bonchev–Trinajstić information content (AvgIpc) is 3.53. The van der Waals surface area contributed by atoms with Gasteiger partial charge >= 0.3 is 0 Å². The van der Waals surface area contributed by atoms with Crippen molar-refractivity contribution >= 4 is 28.0 Å². The summed E-state index contributed by atoms with van der Waals surface area (Å²) in [6, 6.07) is 21.5. The van der Waals surface area contributed by atoms with Crippen LogP contribution < -0.4 is 9.64 Å². The molecule has 0 aromatic heterocycles. The zero-order valence-corrected chi connectivity index (χ0v) is 19.6. The number of benzene rings is 3. The summed E-state index contributed by atoms with van der Waals surface area (Å²) in [5, 5.41) is 0. The molecule has 34 heavy (non-hydrogen) atoms. The molecule has 1 atom stereocenters. The fourth-order valence-corrected chi connectivity index (χ4v) is 5.67. The maximum Gasteiger partial charge on any atom is 0.265 e. The minimum absolute atomic E-state index is 0.116. The third-order valence-electron chi connectivity index (χ3n) is 6.12. The molecule has 0 unspecified atom stereocenters. The fraction of sp³-hybridized carbons (Fsp3) is 0.231. The maximum atomic E-state index is 13.3. The van der Waals surface area contributed by atoms with E-state index in [1.54, 1.807) is 47.4 Å². The molecule has 0 saturated carbocycles. The Morgan fingerprint density at radius 3 is 2.56 bits per heavy atom. The molecule has 0 bridgehead atoms. The average molecular weight is 476 g/mol. The van der Waals surface area contributed by atoms with Gasteiger partial charge in [0.05, 0.1) is 24.1 Å². The number of hydrogen-bond donors (Lipinski definition) is 0. The smallest absolute Gasteiger partial charge is 0.265 e. The van der Waals surface area contributed by atoms with Gasteiger partial charge in [-0.3, -0.25) is 14.1 Å². The number of carbonyl (C=O) groups excluding carboxylic acids is 1. The van der Waals surface area contributed by atoms with Crippen LogP contribution in [0.1, 0.15) is 34.5 Å². The normalized spacial score (nSPS) is 17.1. The summed E-state index contributed by atoms with van der Waals surface area (Å²) in [6.45, 7) is 3.25. The van der Waals surface area contributed by atoms with E-state index in [1.165, 1.54) is 10.6 Å². The molecular formula is C26H25N3O4S. The van der Waals surface area contributed by atoms with Crippen molar-refractivity contribution in [3.8, 4) is 5.75 Å². The first-order valence-electron chi connectivity index (χ1n) is 11.2. The van der Waals surface area contributed by atoms with E-state index >= 15 is 0 Å². The number of carbonyl (C=O) groups is 1. The monoisotopic (exact) mass is 475 g/mol. The van der Waals surface area contributed by atoms with Crippen molar-refractivity contribution in [1.29, 1.82) is 0 Å². The van der Waals surface area contributed by atoms with Gasteiger partial charge in [-0.2, -0.15) is 0 Å². The van der Waals surface area contributed by atoms with Crippen LogP contribution in [0, 0.1) is 0 Å². The van der Waals surface area contributed by atoms with E-state index in [0.29, 0.717) is 25.1 Å². The zero-order valence-electron chi connectivity index (χ0n) is 18.8. The lowest BCUT2D eigenvalue weighted by atomic mass is 10.1. The van der Waals surface area contributed by atoms with Gasteiger partial charge < -0.3 is 9.64 Å². The van der Waals surface area contributed by atoms with Crippen LogP contribution in [0.15, 0.2) is 82.7 Å². The van der Waals surface area contributed by atoms with E-state index in [-0.39, 0.29) is 23.4 Å². The van der Waals surface area contributed by atoms with E-state index < -0.39 is 10.0 Å². The Kier molecular flexibility index (Phi) is 5.83. The largest absolute Gasteiger partial charge is 0.494 e. The van der Waals surface area contributed by atoms with Gasteiger partial charge in [-0.05, 0) is 66.9 Å². The van der Waals surface area contributed by atoms with Crippen LogP contribution in [-0.4, -0.2) is 44.7 Å². The van der Waals surface area contributed by atoms with Gasteiger partial charge in [-0.1, -0.05) is 30.3 Å². The minimum atomic E-state index is -3.73. The van der Waals surface area contributed by atoms with Crippen molar-refractivity contribution < 1.29 is 17.9 Å². The number of anilines is 1. The summed E-state index contributed by atoms with van der Waals surface area (Å²) >= 11 is 0. The number of nitrogens with zero attached hydrogens (tertiary/aromatic N) is 3. The third-order valence-corrected chi connectivity index (χ3v) is 7.83. The molecule has 0 fully saturated rings. The van der Waals surface area contributed by atoms with Crippen molar-refractivity contribution in [3.63, 3.8) is 0 Å². The van der Waals surface area contributed by atoms with Gasteiger partial charge in [-0.25, -0.2) is 8.42 Å². The first-order chi connectivity index (χ1) is 16.5. The van der Waals surface area contributed by atoms with Gasteiger partial charge in [0.15, 0.2) is 0 Å². The summed E-state index contributed by atoms with van der Waals surface area (Å²) < 4.78 is 33.3. The van der Waals surface area contributed by atoms with Crippen LogP contribution in [0.5, 0.6) is 5.75 Å². The van der Waals surface area contributed by atoms with Gasteiger partial charge in [0.25, 0.3) is 15.9 Å². The predicted molar refractivity (Wildman–Crippen MR) is 131 cm³/mol. The van der Waals surface area contributed by atoms with Crippen LogP contribution >= 0.6 is 0 Å². The summed E-state index contributed by atoms with van der Waals surface area (Å²) in [5.74, 6) is 0.602. The van der Waals surface area contributed by atoms with E-state index in [2.05, 4.69) is 4.99 Å². The van der Waals surface area contributed by atoms with Crippen molar-refractivity contribution in [2.75, 3.05) is 24.6 Å². The van der Waals surface area contributed by atoms with Crippen LogP contribution in [0.3, 0.4) is 0 Å². The number of rotatable bonds is 6. The second kappa shape index (κ2) is 8.95. The first kappa shape index (κ1) is 22.2. The van der Waals surface area contributed by atoms with Crippen LogP contribution in [0.4, 0.5) is 5.69 Å². The van der Waals surface area contributed by atoms with Gasteiger partial charge in [0.1, 0.15) is 12.1 Å². The Morgan fingerprint density at radius 2 is 1.82 bits per heavy atom. The summed E-state index contributed by atoms with van der Waals surface area (Å²) in [6.07, 6.45) is 2.00. The van der Waals surface area contributed by atoms with Crippen LogP contribution in [0.25, 0.3) is 0 Å². The summed E-state index contributed by atoms with van der Waals surface area (Å²) in [5.41, 5.74) is 3.13. The number of fused-ring (bicyclic) bond motifs is 1. The van der Waals surface area contributed by atoms with E-state index in [1.807, 2.05) is 37.3 Å². The highest BCUT2D eigenvalue weighted by molar-refractivity contribution is 7.89. The number of sulfonamides is 1. The number of aliphatic imine (C=N–C) groups is 1. The molecule has 0 saturated heterocycles. The highest BCUT2D eigenvalue weighted by Crippen LogP contribution is 2.33. The molecule has 2 aliphatic rings. The first-order valence-corrected chi connectivity index (χ1v) is 12.7. The molecular weight excluding hydrogens is 450 g/mol. The summed E-state index contributed by atoms with van der Waals surface area (Å²) in [7, 11) is -3.73. The molecule has 3 aromatic carbocycles. The number of ether oxygens (including phenoxy) is 1. The molecule has 5 rings (SSSR count). The fourth-order valence-electron chi connectivity index (χ4n) is 4.35. The predicted octanol–water partition coefficient (Wildman–Crippen LogP) is 4.06. The molecule has 2 aliphatic heterocycles. The number of amides is 1. The molecule has 7 nitrogen and oxygen atoms in total. The molecule has 0 spiro atoms. The SMILES string of the molecule is CCOc1ccc(C(=O)N2CCc3cc(S(=O)(=O)N4C=N[C@@H](c5ccccc5)C4)ccc32)cc1. The van der Waals surface area contributed by atoms with Gasteiger partial charge in [-0.15, -0.1) is 0 Å². The Hall–Kier alpha value is -3.65. The molecule has 8 heteroatoms. The van der Waals surface area contributed by atoms with Crippen molar-refractivity contribution in [2.24, 2.45) is 4.99 Å². The van der Waals surface area contributed by atoms with Crippen LogP contribution in [-0.2, 0) is 16.4 Å². The topological polar surface area (TPSA) is 79.3 Å². The van der Waals surface area contributed by atoms with Crippen molar-refractivity contribution in [2.45, 2.75) is 24.3 Å². The molecule has 174 valence electrons. The molecule has 0 N–H and O–H groups in total. The minimum Gasteiger partial charge on any atom is -0.494 e. The van der Waals surface area contributed by atoms with Crippen molar-refractivity contribution in [1.82, 2.24) is 4.31 Å². The van der Waals surface area contributed by atoms with Gasteiger partial charge in [0.2, 0.25) is 0 Å². The standard InChI is InChI=1S/C26H25N3O4S/c1-2-33-22-10-8-20(9-11-22)26(30)29-15-14-21-16-23(12-13-25(21)29)34(31,32)28-17-24(27-18-28)19-6-4-3-5-7-19/h3-13,16,18,24H,2,14-15,17H2,1H3/t24-/m1/s1. The Morgan fingerprint density at radius 1 is 1.06 bits per heavy atom. The second-order valence-corrected chi connectivity index (χ2v) is 10.1. The molecule has 2 heterocycles. The highest BCUT2D eigenvalue weighted by Gasteiger charge is 2.32. The third kappa shape index (κ3) is 4.05. The van der Waals surface area contributed by atoms with Gasteiger partial charge in [0, 0.05) is 17.8 Å². The molecule has 3 aromatic rings. The molecule has 0 aliphatic carbocycles. The quantitative estimate of drug-likeness (QED) is 0.539. The lowest BCUT2D eigenvalue weighted by molar-refractivity contribution is 0.0989.